The van der Waals surface area contributed by atoms with E-state index in [0.717, 1.165) is 48.2 Å². The molecule has 0 saturated carbocycles. The van der Waals surface area contributed by atoms with Crippen LogP contribution in [0.2, 0.25) is 0 Å². The third kappa shape index (κ3) is 2.52. The maximum Gasteiger partial charge on any atom is 0.255 e. The van der Waals surface area contributed by atoms with Crippen molar-refractivity contribution in [1.82, 2.24) is 19.4 Å². The van der Waals surface area contributed by atoms with Gasteiger partial charge >= 0.3 is 0 Å². The van der Waals surface area contributed by atoms with Crippen molar-refractivity contribution < 1.29 is 4.79 Å². The Kier molecular flexibility index (Phi) is 3.41. The quantitative estimate of drug-likeness (QED) is 0.809. The van der Waals surface area contributed by atoms with E-state index in [2.05, 4.69) is 14.5 Å². The average Bonchev–Trinajstić information content (AvgIpc) is 3.21. The van der Waals surface area contributed by atoms with Crippen molar-refractivity contribution >= 4 is 16.8 Å². The minimum Gasteiger partial charge on any atom is -0.361 e. The monoisotopic (exact) mass is 308 g/mol. The number of nitrogens with one attached hydrogen (secondary N) is 1. The Morgan fingerprint density at radius 1 is 1.43 bits per heavy atom. The molecule has 0 saturated heterocycles. The molecule has 1 amide bonds. The summed E-state index contributed by atoms with van der Waals surface area (Å²) < 4.78 is 2.21. The van der Waals surface area contributed by atoms with Crippen LogP contribution in [0.1, 0.15) is 22.6 Å². The summed E-state index contributed by atoms with van der Waals surface area (Å²) in [5.41, 5.74) is 1.67. The Morgan fingerprint density at radius 3 is 3.26 bits per heavy atom. The van der Waals surface area contributed by atoms with Gasteiger partial charge in [0.2, 0.25) is 0 Å². The number of para-hydroxylation sites is 1. The number of amides is 1. The first kappa shape index (κ1) is 14.1. The van der Waals surface area contributed by atoms with Gasteiger partial charge in [-0.25, -0.2) is 4.98 Å². The normalized spacial score (nSPS) is 17.2. The fraction of sp³-hybridized carbons (Fsp3) is 0.333. The second-order valence-electron chi connectivity index (χ2n) is 6.33. The molecule has 0 radical (unpaired) electrons. The number of nitrogens with zero attached hydrogens (tertiary/aromatic N) is 3. The largest absolute Gasteiger partial charge is 0.361 e. The van der Waals surface area contributed by atoms with Crippen LogP contribution in [0.15, 0.2) is 42.9 Å². The molecular weight excluding hydrogens is 288 g/mol. The molecule has 118 valence electrons. The van der Waals surface area contributed by atoms with E-state index in [4.69, 9.17) is 0 Å². The number of fused-ring (bicyclic) bond motifs is 2. The number of carbonyl (C=O) groups is 1. The summed E-state index contributed by atoms with van der Waals surface area (Å²) in [6.45, 7) is 1.72. The van der Waals surface area contributed by atoms with Crippen LogP contribution in [0, 0.1) is 5.92 Å². The Bertz CT molecular complexity index is 847. The van der Waals surface area contributed by atoms with E-state index in [-0.39, 0.29) is 5.91 Å². The van der Waals surface area contributed by atoms with Gasteiger partial charge in [-0.3, -0.25) is 4.79 Å². The number of carbonyl (C=O) groups excluding carboxylic acids is 1. The highest BCUT2D eigenvalue weighted by Crippen LogP contribution is 2.22. The Hall–Kier alpha value is -2.56. The minimum absolute atomic E-state index is 0.0782. The van der Waals surface area contributed by atoms with E-state index in [9.17, 15) is 4.79 Å². The number of aromatic amines is 1. The van der Waals surface area contributed by atoms with Crippen molar-refractivity contribution in [1.29, 1.82) is 0 Å². The fourth-order valence-electron chi connectivity index (χ4n) is 3.53. The molecule has 0 fully saturated rings. The first-order chi connectivity index (χ1) is 11.2. The predicted molar refractivity (Wildman–Crippen MR) is 89.3 cm³/mol. The molecule has 1 aliphatic heterocycles. The average molecular weight is 308 g/mol. The van der Waals surface area contributed by atoms with Gasteiger partial charge in [-0.1, -0.05) is 12.1 Å². The first-order valence-corrected chi connectivity index (χ1v) is 8.04. The molecule has 0 aliphatic carbocycles. The molecule has 3 heterocycles. The second kappa shape index (κ2) is 5.57. The maximum atomic E-state index is 12.8. The molecule has 4 rings (SSSR count). The van der Waals surface area contributed by atoms with Gasteiger partial charge in [-0.2, -0.15) is 0 Å². The van der Waals surface area contributed by atoms with Gasteiger partial charge in [0.15, 0.2) is 0 Å². The SMILES string of the molecule is CN(CC1CCc2nccn2C1)C(=O)c1cccc2cc[nH]c12. The van der Waals surface area contributed by atoms with E-state index in [1.54, 1.807) is 0 Å². The zero-order valence-electron chi connectivity index (χ0n) is 13.2. The summed E-state index contributed by atoms with van der Waals surface area (Å²) in [6.07, 6.45) is 7.85. The lowest BCUT2D eigenvalue weighted by molar-refractivity contribution is 0.0762. The highest BCUT2D eigenvalue weighted by Gasteiger charge is 2.23. The number of imidazole rings is 1. The van der Waals surface area contributed by atoms with Crippen molar-refractivity contribution in [2.75, 3.05) is 13.6 Å². The number of rotatable bonds is 3. The molecule has 1 atom stereocenters. The molecule has 0 bridgehead atoms. The summed E-state index contributed by atoms with van der Waals surface area (Å²) in [6, 6.07) is 7.85. The first-order valence-electron chi connectivity index (χ1n) is 8.04. The van der Waals surface area contributed by atoms with Gasteiger partial charge in [0, 0.05) is 50.5 Å². The van der Waals surface area contributed by atoms with Gasteiger partial charge < -0.3 is 14.5 Å². The number of hydrogen-bond donors (Lipinski definition) is 1. The molecule has 1 unspecified atom stereocenters. The van der Waals surface area contributed by atoms with Crippen LogP contribution in [0.5, 0.6) is 0 Å². The summed E-state index contributed by atoms with van der Waals surface area (Å²) in [7, 11) is 1.90. The Morgan fingerprint density at radius 2 is 2.35 bits per heavy atom. The summed E-state index contributed by atoms with van der Waals surface area (Å²) in [5.74, 6) is 1.72. The highest BCUT2D eigenvalue weighted by molar-refractivity contribution is 6.05. The topological polar surface area (TPSA) is 53.9 Å². The maximum absolute atomic E-state index is 12.8. The summed E-state index contributed by atoms with van der Waals surface area (Å²) in [5, 5.41) is 1.07. The Labute approximate surface area is 134 Å². The molecule has 2 aromatic heterocycles. The lowest BCUT2D eigenvalue weighted by Crippen LogP contribution is -2.35. The molecule has 1 aromatic carbocycles. The molecule has 5 heteroatoms. The smallest absolute Gasteiger partial charge is 0.255 e. The lowest BCUT2D eigenvalue weighted by Gasteiger charge is -2.28. The highest BCUT2D eigenvalue weighted by atomic mass is 16.2. The molecule has 3 aromatic rings. The lowest BCUT2D eigenvalue weighted by atomic mass is 9.98. The molecular formula is C18H20N4O. The third-order valence-electron chi connectivity index (χ3n) is 4.73. The summed E-state index contributed by atoms with van der Waals surface area (Å²) in [4.78, 5) is 22.2. The van der Waals surface area contributed by atoms with Gasteiger partial charge in [0.1, 0.15) is 5.82 Å². The number of hydrogen-bond acceptors (Lipinski definition) is 2. The van der Waals surface area contributed by atoms with Gasteiger partial charge in [-0.05, 0) is 24.5 Å². The molecule has 5 nitrogen and oxygen atoms in total. The summed E-state index contributed by atoms with van der Waals surface area (Å²) >= 11 is 0. The van der Waals surface area contributed by atoms with Crippen LogP contribution >= 0.6 is 0 Å². The van der Waals surface area contributed by atoms with Crippen molar-refractivity contribution in [2.45, 2.75) is 19.4 Å². The standard InChI is InChI=1S/C18H20N4O/c1-21(11-13-5-6-16-19-9-10-22(16)12-13)18(23)15-4-2-3-14-7-8-20-17(14)15/h2-4,7-10,13,20H,5-6,11-12H2,1H3. The van der Waals surface area contributed by atoms with E-state index < -0.39 is 0 Å². The van der Waals surface area contributed by atoms with E-state index >= 15 is 0 Å². The molecule has 23 heavy (non-hydrogen) atoms. The van der Waals surface area contributed by atoms with Crippen LogP contribution in [0.4, 0.5) is 0 Å². The third-order valence-corrected chi connectivity index (χ3v) is 4.73. The van der Waals surface area contributed by atoms with Crippen molar-refractivity contribution in [3.63, 3.8) is 0 Å². The van der Waals surface area contributed by atoms with E-state index in [1.165, 1.54) is 0 Å². The molecule has 0 spiro atoms. The predicted octanol–water partition coefficient (Wildman–Crippen LogP) is 2.70. The van der Waals surface area contributed by atoms with Crippen LogP contribution < -0.4 is 0 Å². The van der Waals surface area contributed by atoms with E-state index in [0.29, 0.717) is 5.92 Å². The molecule has 1 N–H and O–H groups in total. The number of aryl methyl sites for hydroxylation is 1. The number of H-pyrrole nitrogens is 1. The zero-order valence-corrected chi connectivity index (χ0v) is 13.2. The van der Waals surface area contributed by atoms with Crippen LogP contribution in [0.25, 0.3) is 10.9 Å². The zero-order chi connectivity index (χ0) is 15.8. The van der Waals surface area contributed by atoms with Crippen molar-refractivity contribution in [3.8, 4) is 0 Å². The van der Waals surface area contributed by atoms with Crippen molar-refractivity contribution in [2.24, 2.45) is 5.92 Å². The van der Waals surface area contributed by atoms with Gasteiger partial charge in [-0.15, -0.1) is 0 Å². The minimum atomic E-state index is 0.0782. The van der Waals surface area contributed by atoms with Crippen LogP contribution in [-0.4, -0.2) is 38.9 Å². The van der Waals surface area contributed by atoms with Gasteiger partial charge in [0.05, 0.1) is 11.1 Å². The van der Waals surface area contributed by atoms with Crippen molar-refractivity contribution in [3.05, 3.63) is 54.2 Å². The van der Waals surface area contributed by atoms with E-state index in [1.807, 2.05) is 54.8 Å². The van der Waals surface area contributed by atoms with Gasteiger partial charge in [0.25, 0.3) is 5.91 Å². The number of benzene rings is 1. The second-order valence-corrected chi connectivity index (χ2v) is 6.33. The number of aromatic nitrogens is 3. The van der Waals surface area contributed by atoms with Crippen LogP contribution in [0.3, 0.4) is 0 Å². The molecule has 1 aliphatic rings. The van der Waals surface area contributed by atoms with Crippen LogP contribution in [-0.2, 0) is 13.0 Å². The fourth-order valence-corrected chi connectivity index (χ4v) is 3.53. The Balaban J connectivity index is 1.50.